The molecule has 0 unspecified atom stereocenters. The zero-order valence-electron chi connectivity index (χ0n) is 12.6. The molecule has 0 aromatic carbocycles. The van der Waals surface area contributed by atoms with E-state index < -0.39 is 0 Å². The van der Waals surface area contributed by atoms with Crippen molar-refractivity contribution in [1.29, 1.82) is 0 Å². The quantitative estimate of drug-likeness (QED) is 0.693. The van der Waals surface area contributed by atoms with Crippen LogP contribution in [0.2, 0.25) is 0 Å². The molecule has 0 fully saturated rings. The maximum absolute atomic E-state index is 4.74. The van der Waals surface area contributed by atoms with Crippen molar-refractivity contribution in [3.8, 4) is 0 Å². The summed E-state index contributed by atoms with van der Waals surface area (Å²) in [5, 5.41) is 6.85. The van der Waals surface area contributed by atoms with Crippen LogP contribution >= 0.6 is 19.5 Å². The van der Waals surface area contributed by atoms with Gasteiger partial charge in [-0.2, -0.15) is 0 Å². The van der Waals surface area contributed by atoms with Gasteiger partial charge in [0.2, 0.25) is 0 Å². The van der Waals surface area contributed by atoms with Crippen LogP contribution in [0, 0.1) is 0 Å². The highest BCUT2D eigenvalue weighted by Gasteiger charge is 2.06. The molecule has 0 spiro atoms. The summed E-state index contributed by atoms with van der Waals surface area (Å²) in [5.41, 5.74) is 2.29. The highest BCUT2D eigenvalue weighted by Crippen LogP contribution is 2.36. The second-order valence-electron chi connectivity index (χ2n) is 4.97. The Hall–Kier alpha value is -1.22. The second kappa shape index (κ2) is 8.28. The average Bonchev–Trinajstić information content (AvgIpc) is 2.80. The van der Waals surface area contributed by atoms with Gasteiger partial charge >= 0.3 is 0 Å². The van der Waals surface area contributed by atoms with Crippen LogP contribution in [0.25, 0.3) is 5.57 Å². The first-order valence-corrected chi connectivity index (χ1v) is 8.99. The monoisotopic (exact) mass is 319 g/mol. The van der Waals surface area contributed by atoms with Crippen molar-refractivity contribution < 1.29 is 0 Å². The summed E-state index contributed by atoms with van der Waals surface area (Å²) in [6, 6.07) is 0. The molecule has 2 N–H and O–H groups in total. The maximum atomic E-state index is 4.74. The third kappa shape index (κ3) is 5.24. The van der Waals surface area contributed by atoms with Gasteiger partial charge in [0.05, 0.1) is 0 Å². The molecule has 1 aromatic rings. The van der Waals surface area contributed by atoms with E-state index in [1.807, 2.05) is 13.0 Å². The number of aliphatic imine (C=N–C) groups is 1. The first kappa shape index (κ1) is 16.2. The number of rotatable bonds is 7. The molecule has 1 aliphatic heterocycles. The molecule has 0 radical (unpaired) electrons. The molecule has 2 rings (SSSR count). The van der Waals surface area contributed by atoms with Gasteiger partial charge in [-0.1, -0.05) is 25.7 Å². The van der Waals surface area contributed by atoms with Crippen LogP contribution in [0.15, 0.2) is 41.4 Å². The number of hydrogen-bond donors (Lipinski definition) is 2. The maximum Gasteiger partial charge on any atom is 0.131 e. The van der Waals surface area contributed by atoms with Crippen LogP contribution in [0.5, 0.6) is 0 Å². The van der Waals surface area contributed by atoms with Gasteiger partial charge in [0, 0.05) is 23.6 Å². The number of nitrogens with zero attached hydrogens (tertiary/aromatic N) is 1. The summed E-state index contributed by atoms with van der Waals surface area (Å²) in [6.45, 7) is 10.1. The third-order valence-corrected chi connectivity index (χ3v) is 5.42. The van der Waals surface area contributed by atoms with E-state index >= 15 is 0 Å². The van der Waals surface area contributed by atoms with Gasteiger partial charge in [0.25, 0.3) is 0 Å². The smallest absolute Gasteiger partial charge is 0.131 e. The largest absolute Gasteiger partial charge is 0.328 e. The second-order valence-corrected chi connectivity index (χ2v) is 7.29. The van der Waals surface area contributed by atoms with E-state index in [0.717, 1.165) is 37.3 Å². The molecule has 0 saturated carbocycles. The molecule has 1 aromatic heterocycles. The summed E-state index contributed by atoms with van der Waals surface area (Å²) in [4.78, 5) is 5.99. The predicted octanol–water partition coefficient (Wildman–Crippen LogP) is 5.02. The Morgan fingerprint density at radius 1 is 1.52 bits per heavy atom. The van der Waals surface area contributed by atoms with Crippen LogP contribution < -0.4 is 10.6 Å². The third-order valence-electron chi connectivity index (χ3n) is 2.94. The predicted molar refractivity (Wildman–Crippen MR) is 97.6 cm³/mol. The fourth-order valence-corrected chi connectivity index (χ4v) is 4.05. The highest BCUT2D eigenvalue weighted by atomic mass is 32.1. The summed E-state index contributed by atoms with van der Waals surface area (Å²) in [7, 11) is 1.19. The highest BCUT2D eigenvalue weighted by molar-refractivity contribution is 7.47. The van der Waals surface area contributed by atoms with Gasteiger partial charge in [0.1, 0.15) is 10.6 Å². The normalized spacial score (nSPS) is 14.8. The SMILES string of the molecule is C=C(C)c1cpc(NC2=CC=CCC(CNCCC)=N2)s1. The van der Waals surface area contributed by atoms with Gasteiger partial charge in [-0.15, -0.1) is 11.3 Å². The van der Waals surface area contributed by atoms with Gasteiger partial charge in [-0.05, 0) is 45.5 Å². The molecule has 3 nitrogen and oxygen atoms in total. The van der Waals surface area contributed by atoms with Gasteiger partial charge in [-0.3, -0.25) is 0 Å². The summed E-state index contributed by atoms with van der Waals surface area (Å²) in [6.07, 6.45) is 8.32. The first-order chi connectivity index (χ1) is 10.2. The Bertz CT molecular complexity index is 584. The van der Waals surface area contributed by atoms with E-state index in [-0.39, 0.29) is 0 Å². The zero-order valence-corrected chi connectivity index (χ0v) is 14.4. The molecule has 2 heterocycles. The van der Waals surface area contributed by atoms with Crippen LogP contribution in [-0.4, -0.2) is 18.8 Å². The molecule has 0 bridgehead atoms. The van der Waals surface area contributed by atoms with E-state index in [0.29, 0.717) is 0 Å². The van der Waals surface area contributed by atoms with E-state index in [1.54, 1.807) is 11.3 Å². The molecule has 0 saturated heterocycles. The fourth-order valence-electron chi connectivity index (χ4n) is 1.85. The Kier molecular flexibility index (Phi) is 6.37. The van der Waals surface area contributed by atoms with E-state index in [1.165, 1.54) is 23.5 Å². The van der Waals surface area contributed by atoms with Gasteiger partial charge in [0.15, 0.2) is 0 Å². The Morgan fingerprint density at radius 2 is 2.38 bits per heavy atom. The molecule has 0 amide bonds. The van der Waals surface area contributed by atoms with Gasteiger partial charge in [-0.25, -0.2) is 4.99 Å². The van der Waals surface area contributed by atoms with Crippen LogP contribution in [0.4, 0.5) is 4.73 Å². The first-order valence-electron chi connectivity index (χ1n) is 7.21. The summed E-state index contributed by atoms with van der Waals surface area (Å²) in [5.74, 6) is 3.11. The molecule has 0 aliphatic carbocycles. The summed E-state index contributed by atoms with van der Waals surface area (Å²) < 4.78 is 1.19. The van der Waals surface area contributed by atoms with Crippen molar-refractivity contribution >= 4 is 35.5 Å². The van der Waals surface area contributed by atoms with Crippen LogP contribution in [-0.2, 0) is 0 Å². The minimum Gasteiger partial charge on any atom is -0.328 e. The Labute approximate surface area is 132 Å². The van der Waals surface area contributed by atoms with E-state index in [9.17, 15) is 0 Å². The molecule has 0 atom stereocenters. The molecule has 5 heteroatoms. The minimum absolute atomic E-state index is 0.854. The number of hydrogen-bond acceptors (Lipinski definition) is 4. The van der Waals surface area contributed by atoms with Crippen LogP contribution in [0.1, 0.15) is 31.6 Å². The number of allylic oxidation sites excluding steroid dienone is 4. The molecule has 21 heavy (non-hydrogen) atoms. The van der Waals surface area contributed by atoms with Crippen molar-refractivity contribution in [1.82, 2.24) is 5.32 Å². The average molecular weight is 319 g/mol. The van der Waals surface area contributed by atoms with Crippen molar-refractivity contribution in [2.75, 3.05) is 18.4 Å². The minimum atomic E-state index is 0.854. The molecule has 1 aliphatic rings. The molecule has 112 valence electrons. The standard InChI is InChI=1S/C16H22N3PS/c1-4-9-17-10-13-7-5-6-8-15(18-13)19-16-20-11-14(21-16)12(2)3/h5-6,8,11,17,19H,2,4,7,9-10H2,1,3H3. The molecular formula is C16H22N3PS. The summed E-state index contributed by atoms with van der Waals surface area (Å²) >= 11 is 1.75. The Balaban J connectivity index is 2.02. The lowest BCUT2D eigenvalue weighted by molar-refractivity contribution is 0.738. The van der Waals surface area contributed by atoms with Crippen molar-refractivity contribution in [3.63, 3.8) is 0 Å². The lowest BCUT2D eigenvalue weighted by atomic mass is 10.2. The number of nitrogens with one attached hydrogen (secondary N) is 2. The lowest BCUT2D eigenvalue weighted by Gasteiger charge is -2.07. The zero-order chi connectivity index (χ0) is 15.1. The Morgan fingerprint density at radius 3 is 3.10 bits per heavy atom. The topological polar surface area (TPSA) is 36.4 Å². The van der Waals surface area contributed by atoms with Crippen molar-refractivity contribution in [3.05, 3.63) is 41.3 Å². The van der Waals surface area contributed by atoms with Crippen LogP contribution in [0.3, 0.4) is 0 Å². The van der Waals surface area contributed by atoms with Crippen molar-refractivity contribution in [2.24, 2.45) is 4.99 Å². The van der Waals surface area contributed by atoms with Crippen molar-refractivity contribution in [2.45, 2.75) is 26.7 Å². The van der Waals surface area contributed by atoms with Gasteiger partial charge < -0.3 is 10.6 Å². The number of anilines is 1. The fraction of sp³-hybridized carbons (Fsp3) is 0.375. The molecular weight excluding hydrogens is 297 g/mol. The van der Waals surface area contributed by atoms with E-state index in [2.05, 4.69) is 42.1 Å². The van der Waals surface area contributed by atoms with E-state index in [4.69, 9.17) is 4.99 Å². The lowest BCUT2D eigenvalue weighted by Crippen LogP contribution is -2.23.